The van der Waals surface area contributed by atoms with Gasteiger partial charge in [0.25, 0.3) is 5.69 Å². The molecule has 108 valence electrons. The van der Waals surface area contributed by atoms with Gasteiger partial charge in [0.05, 0.1) is 11.5 Å². The third-order valence-electron chi connectivity index (χ3n) is 3.44. The van der Waals surface area contributed by atoms with Crippen LogP contribution in [-0.2, 0) is 4.79 Å². The number of hydrogen-bond donors (Lipinski definition) is 1. The zero-order valence-electron chi connectivity index (χ0n) is 11.4. The van der Waals surface area contributed by atoms with Crippen LogP contribution >= 0.6 is 0 Å². The van der Waals surface area contributed by atoms with Gasteiger partial charge in [0.2, 0.25) is 5.91 Å². The van der Waals surface area contributed by atoms with Gasteiger partial charge in [-0.3, -0.25) is 19.8 Å². The second-order valence-corrected chi connectivity index (χ2v) is 4.71. The number of hydrogen-bond acceptors (Lipinski definition) is 5. The minimum Gasteiger partial charge on any atom is -0.369 e. The van der Waals surface area contributed by atoms with E-state index in [-0.39, 0.29) is 11.6 Å². The summed E-state index contributed by atoms with van der Waals surface area (Å²) in [6.45, 7) is 3.67. The molecule has 0 spiro atoms. The van der Waals surface area contributed by atoms with Crippen LogP contribution in [0, 0.1) is 10.1 Å². The van der Waals surface area contributed by atoms with Gasteiger partial charge in [-0.05, 0) is 12.1 Å². The number of carbonyl (C=O) groups is 1. The Hall–Kier alpha value is -2.15. The lowest BCUT2D eigenvalue weighted by atomic mass is 10.2. The Morgan fingerprint density at radius 3 is 2.35 bits per heavy atom. The van der Waals surface area contributed by atoms with Crippen molar-refractivity contribution in [3.8, 4) is 0 Å². The number of nitro benzene ring substituents is 1. The molecule has 1 aliphatic rings. The van der Waals surface area contributed by atoms with Gasteiger partial charge in [0.15, 0.2) is 0 Å². The van der Waals surface area contributed by atoms with E-state index >= 15 is 0 Å². The lowest BCUT2D eigenvalue weighted by Gasteiger charge is -2.35. The number of rotatable bonds is 4. The molecule has 0 saturated carbocycles. The van der Waals surface area contributed by atoms with Gasteiger partial charge in [-0.15, -0.1) is 0 Å². The maximum atomic E-state index is 11.3. The highest BCUT2D eigenvalue weighted by Crippen LogP contribution is 2.20. The van der Waals surface area contributed by atoms with Crippen molar-refractivity contribution in [3.05, 3.63) is 34.4 Å². The molecular weight excluding hydrogens is 260 g/mol. The molecule has 1 aromatic rings. The van der Waals surface area contributed by atoms with Gasteiger partial charge < -0.3 is 10.2 Å². The SMILES string of the molecule is CNC(=O)CN1CCN(c2ccc([N+](=O)[O-])cc2)CC1. The molecule has 1 aromatic carbocycles. The van der Waals surface area contributed by atoms with Crippen LogP contribution < -0.4 is 10.2 Å². The van der Waals surface area contributed by atoms with E-state index in [1.54, 1.807) is 19.2 Å². The lowest BCUT2D eigenvalue weighted by Crippen LogP contribution is -2.49. The first-order valence-electron chi connectivity index (χ1n) is 6.52. The first kappa shape index (κ1) is 14.3. The van der Waals surface area contributed by atoms with Gasteiger partial charge in [-0.25, -0.2) is 0 Å². The minimum atomic E-state index is -0.398. The van der Waals surface area contributed by atoms with Crippen molar-refractivity contribution in [3.63, 3.8) is 0 Å². The number of likely N-dealkylation sites (N-methyl/N-ethyl adjacent to an activating group) is 1. The Kier molecular flexibility index (Phi) is 4.52. The quantitative estimate of drug-likeness (QED) is 0.639. The fraction of sp³-hybridized carbons (Fsp3) is 0.462. The molecule has 7 heteroatoms. The number of carbonyl (C=O) groups excluding carboxylic acids is 1. The minimum absolute atomic E-state index is 0.0220. The van der Waals surface area contributed by atoms with E-state index in [9.17, 15) is 14.9 Å². The Morgan fingerprint density at radius 1 is 1.25 bits per heavy atom. The smallest absolute Gasteiger partial charge is 0.269 e. The van der Waals surface area contributed by atoms with Gasteiger partial charge in [0.1, 0.15) is 0 Å². The fourth-order valence-electron chi connectivity index (χ4n) is 2.23. The fourth-order valence-corrected chi connectivity index (χ4v) is 2.23. The van der Waals surface area contributed by atoms with E-state index < -0.39 is 4.92 Å². The highest BCUT2D eigenvalue weighted by Gasteiger charge is 2.19. The largest absolute Gasteiger partial charge is 0.369 e. The van der Waals surface area contributed by atoms with Crippen LogP contribution in [-0.4, -0.2) is 55.5 Å². The Labute approximate surface area is 117 Å². The lowest BCUT2D eigenvalue weighted by molar-refractivity contribution is -0.384. The molecule has 0 bridgehead atoms. The van der Waals surface area contributed by atoms with Crippen LogP contribution in [0.5, 0.6) is 0 Å². The number of benzene rings is 1. The molecule has 0 aromatic heterocycles. The Balaban J connectivity index is 1.90. The van der Waals surface area contributed by atoms with Crippen molar-refractivity contribution in [2.45, 2.75) is 0 Å². The number of amides is 1. The molecule has 7 nitrogen and oxygen atoms in total. The maximum absolute atomic E-state index is 11.3. The third kappa shape index (κ3) is 3.45. The zero-order valence-corrected chi connectivity index (χ0v) is 11.4. The van der Waals surface area contributed by atoms with Gasteiger partial charge in [-0.1, -0.05) is 0 Å². The van der Waals surface area contributed by atoms with E-state index in [0.717, 1.165) is 31.9 Å². The topological polar surface area (TPSA) is 78.7 Å². The molecule has 1 heterocycles. The predicted octanol–water partition coefficient (Wildman–Crippen LogP) is 0.463. The van der Waals surface area contributed by atoms with E-state index in [4.69, 9.17) is 0 Å². The summed E-state index contributed by atoms with van der Waals surface area (Å²) in [7, 11) is 1.63. The van der Waals surface area contributed by atoms with E-state index in [1.807, 2.05) is 0 Å². The number of nitrogens with zero attached hydrogens (tertiary/aromatic N) is 3. The van der Waals surface area contributed by atoms with Crippen molar-refractivity contribution in [2.24, 2.45) is 0 Å². The molecule has 20 heavy (non-hydrogen) atoms. The molecule has 1 saturated heterocycles. The Bertz CT molecular complexity index is 481. The second kappa shape index (κ2) is 6.33. The summed E-state index contributed by atoms with van der Waals surface area (Å²) in [5.74, 6) is 0.0220. The number of non-ortho nitro benzene ring substituents is 1. The second-order valence-electron chi connectivity index (χ2n) is 4.71. The van der Waals surface area contributed by atoms with Crippen molar-refractivity contribution >= 4 is 17.3 Å². The van der Waals surface area contributed by atoms with Crippen LogP contribution in [0.4, 0.5) is 11.4 Å². The normalized spacial score (nSPS) is 15.9. The van der Waals surface area contributed by atoms with Crippen LogP contribution in [0.15, 0.2) is 24.3 Å². The van der Waals surface area contributed by atoms with Gasteiger partial charge in [0, 0.05) is 51.0 Å². The predicted molar refractivity (Wildman–Crippen MR) is 75.8 cm³/mol. The van der Waals surface area contributed by atoms with Crippen molar-refractivity contribution in [1.82, 2.24) is 10.2 Å². The molecule has 0 radical (unpaired) electrons. The number of piperazine rings is 1. The van der Waals surface area contributed by atoms with Crippen LogP contribution in [0.3, 0.4) is 0 Å². The molecule has 1 fully saturated rings. The van der Waals surface area contributed by atoms with E-state index in [2.05, 4.69) is 15.1 Å². The molecule has 1 amide bonds. The van der Waals surface area contributed by atoms with Crippen molar-refractivity contribution in [2.75, 3.05) is 44.7 Å². The third-order valence-corrected chi connectivity index (χ3v) is 3.44. The molecule has 0 aliphatic carbocycles. The average Bonchev–Trinajstić information content (AvgIpc) is 2.48. The highest BCUT2D eigenvalue weighted by atomic mass is 16.6. The van der Waals surface area contributed by atoms with Crippen LogP contribution in [0.1, 0.15) is 0 Å². The number of anilines is 1. The monoisotopic (exact) mass is 278 g/mol. The standard InChI is InChI=1S/C13H18N4O3/c1-14-13(18)10-15-6-8-16(9-7-15)11-2-4-12(5-3-11)17(19)20/h2-5H,6-10H2,1H3,(H,14,18). The summed E-state index contributed by atoms with van der Waals surface area (Å²) in [5, 5.41) is 13.2. The average molecular weight is 278 g/mol. The number of nitro groups is 1. The molecule has 0 unspecified atom stereocenters. The van der Waals surface area contributed by atoms with Crippen molar-refractivity contribution < 1.29 is 9.72 Å². The van der Waals surface area contributed by atoms with Crippen molar-refractivity contribution in [1.29, 1.82) is 0 Å². The summed E-state index contributed by atoms with van der Waals surface area (Å²) in [5.41, 5.74) is 1.09. The van der Waals surface area contributed by atoms with Gasteiger partial charge in [-0.2, -0.15) is 0 Å². The summed E-state index contributed by atoms with van der Waals surface area (Å²) < 4.78 is 0. The van der Waals surface area contributed by atoms with E-state index in [0.29, 0.717) is 6.54 Å². The zero-order chi connectivity index (χ0) is 14.5. The molecule has 0 atom stereocenters. The number of nitrogens with one attached hydrogen (secondary N) is 1. The molecular formula is C13H18N4O3. The molecule has 2 rings (SSSR count). The molecule has 1 aliphatic heterocycles. The highest BCUT2D eigenvalue weighted by molar-refractivity contribution is 5.77. The molecule has 1 N–H and O–H groups in total. The first-order valence-corrected chi connectivity index (χ1v) is 6.52. The summed E-state index contributed by atoms with van der Waals surface area (Å²) in [6.07, 6.45) is 0. The first-order chi connectivity index (χ1) is 9.60. The summed E-state index contributed by atoms with van der Waals surface area (Å²) in [4.78, 5) is 25.8. The van der Waals surface area contributed by atoms with Gasteiger partial charge >= 0.3 is 0 Å². The Morgan fingerprint density at radius 2 is 1.85 bits per heavy atom. The van der Waals surface area contributed by atoms with Crippen LogP contribution in [0.2, 0.25) is 0 Å². The summed E-state index contributed by atoms with van der Waals surface area (Å²) in [6, 6.07) is 6.58. The summed E-state index contributed by atoms with van der Waals surface area (Å²) >= 11 is 0. The van der Waals surface area contributed by atoms with E-state index in [1.165, 1.54) is 12.1 Å². The maximum Gasteiger partial charge on any atom is 0.269 e. The van der Waals surface area contributed by atoms with Crippen LogP contribution in [0.25, 0.3) is 0 Å².